The van der Waals surface area contributed by atoms with Crippen molar-refractivity contribution in [2.75, 3.05) is 0 Å². The number of benzene rings is 12. The van der Waals surface area contributed by atoms with Gasteiger partial charge in [-0.2, -0.15) is 0 Å². The molecular weight excluding hydrogens is 781 g/mol. The first-order chi connectivity index (χ1) is 32.3. The summed E-state index contributed by atoms with van der Waals surface area (Å²) in [6.45, 7) is 0. The van der Waals surface area contributed by atoms with Crippen LogP contribution in [0.15, 0.2) is 255 Å². The molecule has 0 heterocycles. The molecule has 0 radical (unpaired) electrons. The third kappa shape index (κ3) is 5.57. The molecule has 0 saturated heterocycles. The molecule has 1 aliphatic rings. The van der Waals surface area contributed by atoms with Crippen molar-refractivity contribution < 1.29 is 0 Å². The van der Waals surface area contributed by atoms with Gasteiger partial charge < -0.3 is 0 Å². The van der Waals surface area contributed by atoms with Crippen LogP contribution >= 0.6 is 0 Å². The second kappa shape index (κ2) is 14.9. The largest absolute Gasteiger partial charge is 0.0714 e. The van der Waals surface area contributed by atoms with Crippen LogP contribution in [-0.2, 0) is 5.41 Å². The van der Waals surface area contributed by atoms with Gasteiger partial charge in [0.1, 0.15) is 0 Å². The first kappa shape index (κ1) is 37.3. The summed E-state index contributed by atoms with van der Waals surface area (Å²) in [6.07, 6.45) is 0. The van der Waals surface area contributed by atoms with Crippen molar-refractivity contribution in [3.8, 4) is 55.6 Å². The van der Waals surface area contributed by atoms with Gasteiger partial charge in [0.25, 0.3) is 0 Å². The van der Waals surface area contributed by atoms with Gasteiger partial charge in [-0.05, 0) is 139 Å². The third-order valence-corrected chi connectivity index (χ3v) is 14.1. The molecule has 0 aliphatic heterocycles. The topological polar surface area (TPSA) is 0 Å². The molecule has 0 N–H and O–H groups in total. The maximum Gasteiger partial charge on any atom is 0.0714 e. The molecular formula is C65H42. The fraction of sp³-hybridized carbons (Fsp3) is 0.0154. The Labute approximate surface area is 379 Å². The van der Waals surface area contributed by atoms with Crippen LogP contribution in [0.5, 0.6) is 0 Å². The molecule has 0 saturated carbocycles. The number of rotatable bonds is 6. The SMILES string of the molecule is c1ccc(-c2c3ccccc3c(-c3ccc4c(c3)C(c3ccccc3)(c3ccccc3)c3cc5c(-c6ccccc6)c6ccccc6c(-c6ccccc6)c5cc3-4)c3ccccc23)cc1. The first-order valence-corrected chi connectivity index (χ1v) is 22.7. The van der Waals surface area contributed by atoms with Gasteiger partial charge in [0.2, 0.25) is 0 Å². The van der Waals surface area contributed by atoms with Gasteiger partial charge in [-0.3, -0.25) is 0 Å². The van der Waals surface area contributed by atoms with Crippen LogP contribution in [0.2, 0.25) is 0 Å². The van der Waals surface area contributed by atoms with Crippen LogP contribution in [0.25, 0.3) is 98.7 Å². The van der Waals surface area contributed by atoms with E-state index in [1.54, 1.807) is 0 Å². The fourth-order valence-corrected chi connectivity index (χ4v) is 11.5. The number of fused-ring (bicyclic) bond motifs is 7. The summed E-state index contributed by atoms with van der Waals surface area (Å²) in [6, 6.07) is 94.9. The van der Waals surface area contributed by atoms with Crippen molar-refractivity contribution in [3.63, 3.8) is 0 Å². The van der Waals surface area contributed by atoms with Gasteiger partial charge >= 0.3 is 0 Å². The van der Waals surface area contributed by atoms with Crippen molar-refractivity contribution in [1.29, 1.82) is 0 Å². The zero-order valence-electron chi connectivity index (χ0n) is 35.7. The third-order valence-electron chi connectivity index (χ3n) is 14.1. The highest BCUT2D eigenvalue weighted by Gasteiger charge is 2.47. The molecule has 12 aromatic carbocycles. The zero-order chi connectivity index (χ0) is 42.9. The quantitative estimate of drug-likeness (QED) is 0.147. The summed E-state index contributed by atoms with van der Waals surface area (Å²) < 4.78 is 0. The lowest BCUT2D eigenvalue weighted by Crippen LogP contribution is -2.28. The van der Waals surface area contributed by atoms with Gasteiger partial charge in [-0.25, -0.2) is 0 Å². The number of hydrogen-bond donors (Lipinski definition) is 0. The van der Waals surface area contributed by atoms with E-state index in [0.717, 1.165) is 0 Å². The molecule has 0 unspecified atom stereocenters. The van der Waals surface area contributed by atoms with Crippen LogP contribution in [0.4, 0.5) is 0 Å². The summed E-state index contributed by atoms with van der Waals surface area (Å²) >= 11 is 0. The predicted molar refractivity (Wildman–Crippen MR) is 276 cm³/mol. The number of hydrogen-bond acceptors (Lipinski definition) is 0. The molecule has 0 nitrogen and oxygen atoms in total. The van der Waals surface area contributed by atoms with Gasteiger partial charge in [0.05, 0.1) is 5.41 Å². The minimum Gasteiger partial charge on any atom is -0.0622 e. The van der Waals surface area contributed by atoms with Crippen LogP contribution < -0.4 is 0 Å². The van der Waals surface area contributed by atoms with Crippen LogP contribution in [-0.4, -0.2) is 0 Å². The van der Waals surface area contributed by atoms with Gasteiger partial charge in [-0.1, -0.05) is 237 Å². The normalized spacial score (nSPS) is 12.7. The Morgan fingerprint density at radius 2 is 0.508 bits per heavy atom. The molecule has 13 rings (SSSR count). The molecule has 0 amide bonds. The van der Waals surface area contributed by atoms with Crippen molar-refractivity contribution in [2.24, 2.45) is 0 Å². The van der Waals surface area contributed by atoms with E-state index in [9.17, 15) is 0 Å². The highest BCUT2D eigenvalue weighted by Crippen LogP contribution is 2.59. The molecule has 0 bridgehead atoms. The molecule has 65 heavy (non-hydrogen) atoms. The summed E-state index contributed by atoms with van der Waals surface area (Å²) in [5, 5.41) is 10.0. The Morgan fingerprint density at radius 3 is 0.908 bits per heavy atom. The summed E-state index contributed by atoms with van der Waals surface area (Å²) in [5.41, 5.74) is 17.0. The van der Waals surface area contributed by atoms with E-state index in [0.29, 0.717) is 0 Å². The smallest absolute Gasteiger partial charge is 0.0622 e. The van der Waals surface area contributed by atoms with E-state index in [1.807, 2.05) is 0 Å². The summed E-state index contributed by atoms with van der Waals surface area (Å²) in [5.74, 6) is 0. The highest BCUT2D eigenvalue weighted by molar-refractivity contribution is 6.24. The lowest BCUT2D eigenvalue weighted by molar-refractivity contribution is 0.770. The lowest BCUT2D eigenvalue weighted by atomic mass is 9.67. The molecule has 0 spiro atoms. The van der Waals surface area contributed by atoms with E-state index in [4.69, 9.17) is 0 Å². The van der Waals surface area contributed by atoms with E-state index in [2.05, 4.69) is 255 Å². The fourth-order valence-electron chi connectivity index (χ4n) is 11.5. The Hall–Kier alpha value is -8.32. The van der Waals surface area contributed by atoms with Crippen LogP contribution in [0.3, 0.4) is 0 Å². The van der Waals surface area contributed by atoms with Crippen molar-refractivity contribution in [2.45, 2.75) is 5.41 Å². The Kier molecular flexibility index (Phi) is 8.54. The maximum atomic E-state index is 2.57. The molecule has 1 aliphatic carbocycles. The molecule has 0 heteroatoms. The molecule has 12 aromatic rings. The monoisotopic (exact) mass is 822 g/mol. The zero-order valence-corrected chi connectivity index (χ0v) is 35.7. The molecule has 302 valence electrons. The molecule has 0 aromatic heterocycles. The Balaban J connectivity index is 1.19. The van der Waals surface area contributed by atoms with E-state index < -0.39 is 5.41 Å². The maximum absolute atomic E-state index is 2.57. The van der Waals surface area contributed by atoms with Crippen molar-refractivity contribution >= 4 is 43.1 Å². The van der Waals surface area contributed by atoms with Gasteiger partial charge in [-0.15, -0.1) is 0 Å². The second-order valence-electron chi connectivity index (χ2n) is 17.4. The second-order valence-corrected chi connectivity index (χ2v) is 17.4. The molecule has 0 atom stereocenters. The van der Waals surface area contributed by atoms with Gasteiger partial charge in [0.15, 0.2) is 0 Å². The standard InChI is InChI=1S/C65H42/c1-6-22-43(23-7-1)61-50-32-16-20-36-54(50)64(55-37-21-17-33-51(55)61)46-38-39-49-56-41-57-58(42-60(56)65(59(49)40-46,47-28-12-4-13-29-47)48-30-14-5-15-31-48)63(45-26-10-3-11-27-45)53-35-19-18-34-52(53)62(57)44-24-8-2-9-25-44/h1-42H. The van der Waals surface area contributed by atoms with Crippen LogP contribution in [0.1, 0.15) is 22.3 Å². The molecule has 0 fully saturated rings. The minimum absolute atomic E-state index is 0.626. The summed E-state index contributed by atoms with van der Waals surface area (Å²) in [7, 11) is 0. The van der Waals surface area contributed by atoms with E-state index in [-0.39, 0.29) is 0 Å². The summed E-state index contributed by atoms with van der Waals surface area (Å²) in [4.78, 5) is 0. The average molecular weight is 823 g/mol. The van der Waals surface area contributed by atoms with Gasteiger partial charge in [0, 0.05) is 0 Å². The van der Waals surface area contributed by atoms with Crippen molar-refractivity contribution in [1.82, 2.24) is 0 Å². The average Bonchev–Trinajstić information content (AvgIpc) is 3.67. The highest BCUT2D eigenvalue weighted by atomic mass is 14.5. The van der Waals surface area contributed by atoms with E-state index in [1.165, 1.54) is 121 Å². The minimum atomic E-state index is -0.626. The van der Waals surface area contributed by atoms with Crippen LogP contribution in [0, 0.1) is 0 Å². The van der Waals surface area contributed by atoms with E-state index >= 15 is 0 Å². The Bertz CT molecular complexity index is 3680. The lowest BCUT2D eigenvalue weighted by Gasteiger charge is -2.34. The Morgan fingerprint density at radius 1 is 0.200 bits per heavy atom. The first-order valence-electron chi connectivity index (χ1n) is 22.7. The van der Waals surface area contributed by atoms with Crippen molar-refractivity contribution in [3.05, 3.63) is 277 Å². The predicted octanol–water partition coefficient (Wildman–Crippen LogP) is 17.3.